The van der Waals surface area contributed by atoms with Crippen LogP contribution in [0.3, 0.4) is 0 Å². The van der Waals surface area contributed by atoms with E-state index >= 15 is 0 Å². The summed E-state index contributed by atoms with van der Waals surface area (Å²) in [6.45, 7) is 3.91. The number of carbonyl (C=O) groups is 2. The Morgan fingerprint density at radius 2 is 1.72 bits per heavy atom. The zero-order chi connectivity index (χ0) is 20.8. The molecule has 0 radical (unpaired) electrons. The summed E-state index contributed by atoms with van der Waals surface area (Å²) in [5.41, 5.74) is 3.31. The van der Waals surface area contributed by atoms with Crippen molar-refractivity contribution in [1.82, 2.24) is 0 Å². The standard InChI is InChI=1S/C23H20INO4/c1-15-12-16(2)14-18(13-15)25-23(27)22(17-6-4-3-5-7-17)29-21(26)11-9-19-8-10-20(24)28-19/h3-14,22H,1-2H3,(H,25,27)/b11-9+/t22-/m1/s1. The quantitative estimate of drug-likeness (QED) is 0.278. The van der Waals surface area contributed by atoms with Crippen LogP contribution in [0.5, 0.6) is 0 Å². The molecule has 1 amide bonds. The Bertz CT molecular complexity index is 1020. The molecule has 0 aliphatic rings. The van der Waals surface area contributed by atoms with Crippen LogP contribution in [0.4, 0.5) is 5.69 Å². The number of furan rings is 1. The van der Waals surface area contributed by atoms with Gasteiger partial charge in [0.15, 0.2) is 3.77 Å². The van der Waals surface area contributed by atoms with E-state index in [4.69, 9.17) is 9.15 Å². The maximum atomic E-state index is 12.9. The van der Waals surface area contributed by atoms with Crippen molar-refractivity contribution in [3.63, 3.8) is 0 Å². The average molecular weight is 501 g/mol. The summed E-state index contributed by atoms with van der Waals surface area (Å²) in [4.78, 5) is 25.3. The summed E-state index contributed by atoms with van der Waals surface area (Å²) >= 11 is 2.04. The lowest BCUT2D eigenvalue weighted by Gasteiger charge is -2.17. The monoisotopic (exact) mass is 501 g/mol. The predicted molar refractivity (Wildman–Crippen MR) is 120 cm³/mol. The van der Waals surface area contributed by atoms with E-state index in [-0.39, 0.29) is 0 Å². The van der Waals surface area contributed by atoms with Crippen molar-refractivity contribution >= 4 is 46.2 Å². The van der Waals surface area contributed by atoms with Gasteiger partial charge in [0.1, 0.15) is 5.76 Å². The molecule has 0 spiro atoms. The lowest BCUT2D eigenvalue weighted by molar-refractivity contribution is -0.149. The van der Waals surface area contributed by atoms with E-state index < -0.39 is 18.0 Å². The van der Waals surface area contributed by atoms with E-state index in [0.717, 1.165) is 11.1 Å². The molecule has 0 fully saturated rings. The smallest absolute Gasteiger partial charge is 0.332 e. The highest BCUT2D eigenvalue weighted by Gasteiger charge is 2.24. The van der Waals surface area contributed by atoms with Crippen molar-refractivity contribution in [3.05, 3.63) is 93.0 Å². The Labute approximate surface area is 182 Å². The Morgan fingerprint density at radius 3 is 2.34 bits per heavy atom. The molecule has 0 aliphatic carbocycles. The van der Waals surface area contributed by atoms with E-state index in [1.165, 1.54) is 12.2 Å². The highest BCUT2D eigenvalue weighted by atomic mass is 127. The third kappa shape index (κ3) is 6.05. The topological polar surface area (TPSA) is 68.5 Å². The van der Waals surface area contributed by atoms with Crippen molar-refractivity contribution in [2.24, 2.45) is 0 Å². The fourth-order valence-electron chi connectivity index (χ4n) is 2.88. The zero-order valence-electron chi connectivity index (χ0n) is 16.0. The molecule has 0 bridgehead atoms. The van der Waals surface area contributed by atoms with E-state index in [9.17, 15) is 9.59 Å². The van der Waals surface area contributed by atoms with Gasteiger partial charge in [-0.05, 0) is 77.9 Å². The molecular formula is C23H20INO4. The number of amides is 1. The van der Waals surface area contributed by atoms with Crippen LogP contribution in [0.25, 0.3) is 6.08 Å². The van der Waals surface area contributed by atoms with Gasteiger partial charge in [-0.2, -0.15) is 0 Å². The average Bonchev–Trinajstić information content (AvgIpc) is 3.09. The van der Waals surface area contributed by atoms with Crippen LogP contribution in [0.15, 0.2) is 71.2 Å². The minimum Gasteiger partial charge on any atom is -0.451 e. The fourth-order valence-corrected chi connectivity index (χ4v) is 3.31. The highest BCUT2D eigenvalue weighted by Crippen LogP contribution is 2.22. The van der Waals surface area contributed by atoms with Crippen molar-refractivity contribution in [3.8, 4) is 0 Å². The molecule has 1 heterocycles. The molecule has 0 aliphatic heterocycles. The number of ether oxygens (including phenoxy) is 1. The molecule has 0 saturated heterocycles. The first kappa shape index (κ1) is 20.9. The third-order valence-corrected chi connectivity index (χ3v) is 4.62. The van der Waals surface area contributed by atoms with Gasteiger partial charge < -0.3 is 14.5 Å². The predicted octanol–water partition coefficient (Wildman–Crippen LogP) is 5.44. The van der Waals surface area contributed by atoms with Crippen molar-refractivity contribution in [2.45, 2.75) is 20.0 Å². The van der Waals surface area contributed by atoms with Crippen LogP contribution in [0.1, 0.15) is 28.6 Å². The summed E-state index contributed by atoms with van der Waals surface area (Å²) in [6.07, 6.45) is 1.68. The van der Waals surface area contributed by atoms with Crippen LogP contribution in [-0.2, 0) is 14.3 Å². The van der Waals surface area contributed by atoms with Crippen LogP contribution in [0.2, 0.25) is 0 Å². The van der Waals surface area contributed by atoms with Crippen LogP contribution >= 0.6 is 22.6 Å². The molecule has 3 aromatic rings. The molecule has 6 heteroatoms. The molecule has 1 N–H and O–H groups in total. The molecule has 5 nitrogen and oxygen atoms in total. The maximum Gasteiger partial charge on any atom is 0.332 e. The Balaban J connectivity index is 1.78. The van der Waals surface area contributed by atoms with Gasteiger partial charge in [0.2, 0.25) is 6.10 Å². The number of rotatable bonds is 6. The van der Waals surface area contributed by atoms with Crippen molar-refractivity contribution in [1.29, 1.82) is 0 Å². The number of benzene rings is 2. The van der Waals surface area contributed by atoms with Gasteiger partial charge in [0.05, 0.1) is 0 Å². The summed E-state index contributed by atoms with van der Waals surface area (Å²) < 4.78 is 11.6. The highest BCUT2D eigenvalue weighted by molar-refractivity contribution is 14.1. The summed E-state index contributed by atoms with van der Waals surface area (Å²) in [5, 5.41) is 2.84. The first-order chi connectivity index (χ1) is 13.9. The van der Waals surface area contributed by atoms with E-state index in [0.29, 0.717) is 20.8 Å². The first-order valence-electron chi connectivity index (χ1n) is 8.99. The molecule has 0 saturated carbocycles. The Kier molecular flexibility index (Phi) is 6.87. The molecule has 1 aromatic heterocycles. The number of halogens is 1. The van der Waals surface area contributed by atoms with Gasteiger partial charge >= 0.3 is 5.97 Å². The van der Waals surface area contributed by atoms with Gasteiger partial charge in [0.25, 0.3) is 5.91 Å². The summed E-state index contributed by atoms with van der Waals surface area (Å²) in [7, 11) is 0. The lowest BCUT2D eigenvalue weighted by Crippen LogP contribution is -2.25. The number of hydrogen-bond acceptors (Lipinski definition) is 4. The van der Waals surface area contributed by atoms with Crippen LogP contribution in [0, 0.1) is 17.6 Å². The number of carbonyl (C=O) groups excluding carboxylic acids is 2. The van der Waals surface area contributed by atoms with Crippen LogP contribution in [-0.4, -0.2) is 11.9 Å². The van der Waals surface area contributed by atoms with Gasteiger partial charge in [-0.25, -0.2) is 4.79 Å². The molecule has 29 heavy (non-hydrogen) atoms. The van der Waals surface area contributed by atoms with Gasteiger partial charge in [-0.1, -0.05) is 36.4 Å². The minimum atomic E-state index is -1.08. The van der Waals surface area contributed by atoms with E-state index in [2.05, 4.69) is 5.32 Å². The first-order valence-corrected chi connectivity index (χ1v) is 10.1. The minimum absolute atomic E-state index is 0.421. The molecule has 1 atom stereocenters. The largest absolute Gasteiger partial charge is 0.451 e. The molecule has 0 unspecified atom stereocenters. The fraction of sp³-hybridized carbons (Fsp3) is 0.130. The normalized spacial score (nSPS) is 12.0. The Hall–Kier alpha value is -2.87. The zero-order valence-corrected chi connectivity index (χ0v) is 18.2. The molecule has 2 aromatic carbocycles. The summed E-state index contributed by atoms with van der Waals surface area (Å²) in [5.74, 6) is -0.529. The number of nitrogens with one attached hydrogen (secondary N) is 1. The van der Waals surface area contributed by atoms with E-state index in [1.54, 1.807) is 36.4 Å². The van der Waals surface area contributed by atoms with Crippen LogP contribution < -0.4 is 5.32 Å². The number of aryl methyl sites for hydroxylation is 2. The number of esters is 1. The second kappa shape index (κ2) is 9.56. The summed E-state index contributed by atoms with van der Waals surface area (Å²) in [6, 6.07) is 18.2. The Morgan fingerprint density at radius 1 is 1.03 bits per heavy atom. The second-order valence-corrected chi connectivity index (χ2v) is 7.63. The molecule has 148 valence electrons. The molecule has 3 rings (SSSR count). The number of anilines is 1. The second-order valence-electron chi connectivity index (χ2n) is 6.57. The lowest BCUT2D eigenvalue weighted by atomic mass is 10.1. The molecular weight excluding hydrogens is 481 g/mol. The van der Waals surface area contributed by atoms with Gasteiger partial charge in [-0.3, -0.25) is 4.79 Å². The maximum absolute atomic E-state index is 12.9. The van der Waals surface area contributed by atoms with Gasteiger partial charge in [-0.15, -0.1) is 0 Å². The SMILES string of the molecule is Cc1cc(C)cc(NC(=O)[C@H](OC(=O)/C=C/c2ccc(I)o2)c2ccccc2)c1. The number of hydrogen-bond donors (Lipinski definition) is 1. The van der Waals surface area contributed by atoms with E-state index in [1.807, 2.05) is 60.7 Å². The third-order valence-electron chi connectivity index (χ3n) is 4.04. The van der Waals surface area contributed by atoms with Gasteiger partial charge in [0, 0.05) is 17.3 Å². The van der Waals surface area contributed by atoms with Crippen molar-refractivity contribution < 1.29 is 18.7 Å². The van der Waals surface area contributed by atoms with Crippen molar-refractivity contribution in [2.75, 3.05) is 5.32 Å².